The summed E-state index contributed by atoms with van der Waals surface area (Å²) in [5.74, 6) is 1.48. The van der Waals surface area contributed by atoms with Crippen molar-refractivity contribution >= 4 is 29.1 Å². The molecule has 4 rings (SSSR count). The number of hydrogen-bond acceptors (Lipinski definition) is 5. The van der Waals surface area contributed by atoms with Crippen molar-refractivity contribution in [2.24, 2.45) is 5.92 Å². The van der Waals surface area contributed by atoms with E-state index in [-0.39, 0.29) is 11.8 Å². The quantitative estimate of drug-likeness (QED) is 0.671. The number of rotatable bonds is 6. The van der Waals surface area contributed by atoms with Gasteiger partial charge in [-0.15, -0.1) is 10.2 Å². The fourth-order valence-electron chi connectivity index (χ4n) is 3.71. The van der Waals surface area contributed by atoms with E-state index >= 15 is 0 Å². The van der Waals surface area contributed by atoms with E-state index in [1.807, 2.05) is 41.7 Å². The summed E-state index contributed by atoms with van der Waals surface area (Å²) in [6.45, 7) is 4.44. The van der Waals surface area contributed by atoms with Crippen LogP contribution >= 0.6 is 11.6 Å². The number of carbonyl (C=O) groups excluding carboxylic acids is 1. The summed E-state index contributed by atoms with van der Waals surface area (Å²) in [7, 11) is 0. The molecule has 29 heavy (non-hydrogen) atoms. The van der Waals surface area contributed by atoms with Crippen molar-refractivity contribution in [1.29, 1.82) is 0 Å². The van der Waals surface area contributed by atoms with Gasteiger partial charge in [-0.1, -0.05) is 29.8 Å². The van der Waals surface area contributed by atoms with E-state index in [1.54, 1.807) is 12.3 Å². The topological polar surface area (TPSA) is 71.8 Å². The first-order valence-corrected chi connectivity index (χ1v) is 10.3. The molecule has 1 aliphatic rings. The molecule has 0 bridgehead atoms. The lowest BCUT2D eigenvalue weighted by Crippen LogP contribution is -2.43. The summed E-state index contributed by atoms with van der Waals surface area (Å²) >= 11 is 6.13. The number of amides is 1. The predicted octanol–water partition coefficient (Wildman–Crippen LogP) is 3.31. The molecule has 0 radical (unpaired) electrons. The van der Waals surface area contributed by atoms with E-state index in [9.17, 15) is 4.79 Å². The van der Waals surface area contributed by atoms with Crippen LogP contribution in [0.4, 0.5) is 5.95 Å². The number of para-hydroxylation sites is 1. The van der Waals surface area contributed by atoms with Crippen molar-refractivity contribution in [3.63, 3.8) is 0 Å². The Morgan fingerprint density at radius 2 is 2.14 bits per heavy atom. The minimum absolute atomic E-state index is 0.0489. The van der Waals surface area contributed by atoms with Gasteiger partial charge in [-0.05, 0) is 38.0 Å². The molecule has 152 valence electrons. The normalized spacial score (nSPS) is 16.8. The van der Waals surface area contributed by atoms with Gasteiger partial charge in [0.25, 0.3) is 0 Å². The number of halogens is 1. The van der Waals surface area contributed by atoms with Gasteiger partial charge in [-0.3, -0.25) is 9.20 Å². The maximum atomic E-state index is 12.8. The molecule has 1 atom stereocenters. The Kier molecular flexibility index (Phi) is 5.85. The van der Waals surface area contributed by atoms with E-state index in [2.05, 4.69) is 20.4 Å². The van der Waals surface area contributed by atoms with Crippen LogP contribution in [0.15, 0.2) is 42.6 Å². The summed E-state index contributed by atoms with van der Waals surface area (Å²) in [6.07, 6.45) is 3.58. The molecule has 1 unspecified atom stereocenters. The van der Waals surface area contributed by atoms with Crippen LogP contribution in [0.25, 0.3) is 5.65 Å². The molecular formula is C21H24ClN5O2. The number of pyridine rings is 1. The zero-order chi connectivity index (χ0) is 20.2. The highest BCUT2D eigenvalue weighted by atomic mass is 35.5. The van der Waals surface area contributed by atoms with Gasteiger partial charge in [0.1, 0.15) is 5.75 Å². The number of hydrogen-bond donors (Lipinski definition) is 1. The first kappa shape index (κ1) is 19.5. The third kappa shape index (κ3) is 4.29. The van der Waals surface area contributed by atoms with E-state index in [1.165, 1.54) is 0 Å². The molecule has 1 aliphatic heterocycles. The van der Waals surface area contributed by atoms with Gasteiger partial charge in [0.2, 0.25) is 11.9 Å². The van der Waals surface area contributed by atoms with E-state index in [0.29, 0.717) is 24.7 Å². The minimum atomic E-state index is -0.102. The summed E-state index contributed by atoms with van der Waals surface area (Å²) in [5.41, 5.74) is 1.72. The van der Waals surface area contributed by atoms with Gasteiger partial charge in [0.05, 0.1) is 17.5 Å². The highest BCUT2D eigenvalue weighted by Gasteiger charge is 2.28. The molecule has 0 aliphatic carbocycles. The molecule has 7 nitrogen and oxygen atoms in total. The molecule has 1 fully saturated rings. The minimum Gasteiger partial charge on any atom is -0.494 e. The lowest BCUT2D eigenvalue weighted by molar-refractivity contribution is -0.125. The number of carbonyl (C=O) groups is 1. The standard InChI is InChI=1S/C21H24ClN5O2/c1-2-29-18-8-4-3-6-15(18)12-23-20(28)16-7-5-11-26(13-16)21-25-24-19-10-9-17(22)14-27(19)21/h3-4,6,8-10,14,16H,2,5,7,11-13H2,1H3,(H,23,28). The molecule has 1 N–H and O–H groups in total. The van der Waals surface area contributed by atoms with Gasteiger partial charge >= 0.3 is 0 Å². The summed E-state index contributed by atoms with van der Waals surface area (Å²) in [5, 5.41) is 12.2. The van der Waals surface area contributed by atoms with Crippen LogP contribution in [0.1, 0.15) is 25.3 Å². The molecule has 1 saturated heterocycles. The third-order valence-corrected chi connectivity index (χ3v) is 5.37. The van der Waals surface area contributed by atoms with Crippen LogP contribution in [0, 0.1) is 5.92 Å². The molecule has 8 heteroatoms. The van der Waals surface area contributed by atoms with Crippen LogP contribution in [0.3, 0.4) is 0 Å². The van der Waals surface area contributed by atoms with Gasteiger partial charge in [-0.2, -0.15) is 0 Å². The monoisotopic (exact) mass is 413 g/mol. The number of aromatic nitrogens is 3. The van der Waals surface area contributed by atoms with E-state index < -0.39 is 0 Å². The van der Waals surface area contributed by atoms with Crippen LogP contribution in [-0.2, 0) is 11.3 Å². The highest BCUT2D eigenvalue weighted by Crippen LogP contribution is 2.24. The molecule has 2 aromatic heterocycles. The second kappa shape index (κ2) is 8.69. The van der Waals surface area contributed by atoms with Gasteiger partial charge in [0, 0.05) is 31.4 Å². The Labute approximate surface area is 174 Å². The van der Waals surface area contributed by atoms with Gasteiger partial charge in [-0.25, -0.2) is 0 Å². The second-order valence-corrected chi connectivity index (χ2v) is 7.56. The second-order valence-electron chi connectivity index (χ2n) is 7.12. The van der Waals surface area contributed by atoms with Crippen molar-refractivity contribution in [2.75, 3.05) is 24.6 Å². The molecular weight excluding hydrogens is 390 g/mol. The number of ether oxygens (including phenoxy) is 1. The molecule has 0 spiro atoms. The molecule has 3 aromatic rings. The van der Waals surface area contributed by atoms with Crippen molar-refractivity contribution in [3.8, 4) is 5.75 Å². The fourth-order valence-corrected chi connectivity index (χ4v) is 3.87. The predicted molar refractivity (Wildman–Crippen MR) is 112 cm³/mol. The Hall–Kier alpha value is -2.80. The number of anilines is 1. The van der Waals surface area contributed by atoms with E-state index in [0.717, 1.165) is 42.3 Å². The first-order chi connectivity index (χ1) is 14.2. The number of benzene rings is 1. The first-order valence-electron chi connectivity index (χ1n) is 9.89. The molecule has 1 amide bonds. The van der Waals surface area contributed by atoms with Crippen LogP contribution in [-0.4, -0.2) is 40.2 Å². The van der Waals surface area contributed by atoms with Gasteiger partial charge < -0.3 is 15.0 Å². The summed E-state index contributed by atoms with van der Waals surface area (Å²) < 4.78 is 7.52. The largest absolute Gasteiger partial charge is 0.494 e. The Morgan fingerprint density at radius 1 is 1.28 bits per heavy atom. The Morgan fingerprint density at radius 3 is 3.00 bits per heavy atom. The zero-order valence-electron chi connectivity index (χ0n) is 16.3. The van der Waals surface area contributed by atoms with Crippen molar-refractivity contribution in [3.05, 3.63) is 53.2 Å². The lowest BCUT2D eigenvalue weighted by atomic mass is 9.97. The Bertz CT molecular complexity index is 1010. The smallest absolute Gasteiger partial charge is 0.231 e. The Balaban J connectivity index is 1.43. The highest BCUT2D eigenvalue weighted by molar-refractivity contribution is 6.30. The maximum Gasteiger partial charge on any atom is 0.231 e. The number of nitrogens with zero attached hydrogens (tertiary/aromatic N) is 4. The van der Waals surface area contributed by atoms with Crippen LogP contribution < -0.4 is 15.0 Å². The lowest BCUT2D eigenvalue weighted by Gasteiger charge is -2.32. The number of piperidine rings is 1. The SMILES string of the molecule is CCOc1ccccc1CNC(=O)C1CCCN(c2nnc3ccc(Cl)cn23)C1. The molecule has 0 saturated carbocycles. The van der Waals surface area contributed by atoms with Crippen molar-refractivity contribution < 1.29 is 9.53 Å². The average molecular weight is 414 g/mol. The van der Waals surface area contributed by atoms with Crippen LogP contribution in [0.2, 0.25) is 5.02 Å². The zero-order valence-corrected chi connectivity index (χ0v) is 17.1. The average Bonchev–Trinajstić information content (AvgIpc) is 3.16. The van der Waals surface area contributed by atoms with E-state index in [4.69, 9.17) is 16.3 Å². The summed E-state index contributed by atoms with van der Waals surface area (Å²) in [6, 6.07) is 11.4. The molecule has 1 aromatic carbocycles. The molecule has 3 heterocycles. The summed E-state index contributed by atoms with van der Waals surface area (Å²) in [4.78, 5) is 14.9. The fraction of sp³-hybridized carbons (Fsp3) is 0.381. The number of nitrogens with one attached hydrogen (secondary N) is 1. The third-order valence-electron chi connectivity index (χ3n) is 5.15. The van der Waals surface area contributed by atoms with Crippen molar-refractivity contribution in [2.45, 2.75) is 26.3 Å². The van der Waals surface area contributed by atoms with Crippen LogP contribution in [0.5, 0.6) is 5.75 Å². The van der Waals surface area contributed by atoms with Crippen molar-refractivity contribution in [1.82, 2.24) is 19.9 Å². The number of fused-ring (bicyclic) bond motifs is 1. The van der Waals surface area contributed by atoms with Gasteiger partial charge in [0.15, 0.2) is 5.65 Å². The maximum absolute atomic E-state index is 12.8.